The van der Waals surface area contributed by atoms with Crippen LogP contribution in [-0.4, -0.2) is 49.0 Å². The Morgan fingerprint density at radius 3 is 2.38 bits per heavy atom. The van der Waals surface area contributed by atoms with Gasteiger partial charge in [-0.2, -0.15) is 4.99 Å². The highest BCUT2D eigenvalue weighted by Gasteiger charge is 2.36. The van der Waals surface area contributed by atoms with Crippen LogP contribution in [0.3, 0.4) is 0 Å². The predicted octanol–water partition coefficient (Wildman–Crippen LogP) is 0.0877. The number of rotatable bonds is 5. The van der Waals surface area contributed by atoms with Gasteiger partial charge in [0, 0.05) is 24.4 Å². The Labute approximate surface area is 125 Å². The molecule has 0 aliphatic carbocycles. The highest BCUT2D eigenvalue weighted by atomic mass is 16.5. The summed E-state index contributed by atoms with van der Waals surface area (Å²) in [7, 11) is 0. The summed E-state index contributed by atoms with van der Waals surface area (Å²) in [5.74, 6) is -0.819. The number of morpholine rings is 1. The van der Waals surface area contributed by atoms with Gasteiger partial charge in [0.2, 0.25) is 5.91 Å². The van der Waals surface area contributed by atoms with Gasteiger partial charge < -0.3 is 21.1 Å². The summed E-state index contributed by atoms with van der Waals surface area (Å²) in [5, 5.41) is 0. The molecule has 2 amide bonds. The third-order valence-corrected chi connectivity index (χ3v) is 4.03. The first-order valence-corrected chi connectivity index (χ1v) is 7.30. The highest BCUT2D eigenvalue weighted by Crippen LogP contribution is 2.32. The number of nitrogens with two attached hydrogens (primary N) is 2. The Morgan fingerprint density at radius 1 is 1.33 bits per heavy atom. The van der Waals surface area contributed by atoms with E-state index in [2.05, 4.69) is 4.99 Å². The molecule has 1 aliphatic heterocycles. The van der Waals surface area contributed by atoms with Gasteiger partial charge in [-0.15, -0.1) is 0 Å². The minimum atomic E-state index is -0.731. The van der Waals surface area contributed by atoms with E-state index in [4.69, 9.17) is 16.2 Å². The molecule has 1 aliphatic rings. The Kier molecular flexibility index (Phi) is 6.14. The first kappa shape index (κ1) is 17.4. The molecular weight excluding hydrogens is 272 g/mol. The van der Waals surface area contributed by atoms with E-state index in [1.165, 1.54) is 0 Å². The average Bonchev–Trinajstić information content (AvgIpc) is 2.46. The molecule has 4 N–H and O–H groups in total. The van der Waals surface area contributed by atoms with Gasteiger partial charge in [-0.25, -0.2) is 0 Å². The topological polar surface area (TPSA) is 111 Å². The molecule has 2 atom stereocenters. The quantitative estimate of drug-likeness (QED) is 0.552. The minimum absolute atomic E-state index is 0.0514. The van der Waals surface area contributed by atoms with E-state index in [-0.39, 0.29) is 23.7 Å². The van der Waals surface area contributed by atoms with E-state index in [1.54, 1.807) is 11.8 Å². The lowest BCUT2D eigenvalue weighted by atomic mass is 9.78. The fraction of sp³-hybridized carbons (Fsp3) is 0.786. The molecule has 7 heteroatoms. The summed E-state index contributed by atoms with van der Waals surface area (Å²) < 4.78 is 5.24. The number of carbonyl (C=O) groups excluding carboxylic acids is 2. The van der Waals surface area contributed by atoms with Crippen molar-refractivity contribution >= 4 is 17.8 Å². The van der Waals surface area contributed by atoms with Crippen LogP contribution in [0, 0.1) is 11.3 Å². The van der Waals surface area contributed by atoms with Gasteiger partial charge in [0.05, 0.1) is 13.2 Å². The maximum Gasteiger partial charge on any atom is 0.254 e. The molecule has 120 valence electrons. The lowest BCUT2D eigenvalue weighted by molar-refractivity contribution is -0.141. The number of amides is 2. The monoisotopic (exact) mass is 298 g/mol. The normalized spacial score (nSPS) is 19.5. The van der Waals surface area contributed by atoms with E-state index in [0.29, 0.717) is 39.1 Å². The number of nitrogens with zero attached hydrogens (tertiary/aromatic N) is 2. The molecule has 0 bridgehead atoms. The molecule has 0 aromatic rings. The fourth-order valence-electron chi connectivity index (χ4n) is 2.49. The van der Waals surface area contributed by atoms with Crippen molar-refractivity contribution in [2.75, 3.05) is 26.3 Å². The highest BCUT2D eigenvalue weighted by molar-refractivity contribution is 5.94. The second-order valence-electron chi connectivity index (χ2n) is 5.80. The Bertz CT molecular complexity index is 414. The van der Waals surface area contributed by atoms with Gasteiger partial charge in [0.25, 0.3) is 5.91 Å². The van der Waals surface area contributed by atoms with Crippen LogP contribution in [0.4, 0.5) is 0 Å². The third-order valence-electron chi connectivity index (χ3n) is 4.03. The Morgan fingerprint density at radius 2 is 1.90 bits per heavy atom. The van der Waals surface area contributed by atoms with Crippen molar-refractivity contribution in [3.8, 4) is 0 Å². The van der Waals surface area contributed by atoms with Gasteiger partial charge in [-0.1, -0.05) is 20.8 Å². The largest absolute Gasteiger partial charge is 0.378 e. The van der Waals surface area contributed by atoms with E-state index >= 15 is 0 Å². The van der Waals surface area contributed by atoms with Crippen LogP contribution in [0.1, 0.15) is 33.6 Å². The summed E-state index contributed by atoms with van der Waals surface area (Å²) in [6.07, 6.45) is 0.999. The van der Waals surface area contributed by atoms with Gasteiger partial charge >= 0.3 is 0 Å². The SMILES string of the molecule is CCC(C)(CC(C)C(=O)N1CCOCC1)C(=O)N=C(N)N. The van der Waals surface area contributed by atoms with Crippen molar-refractivity contribution in [2.45, 2.75) is 33.6 Å². The van der Waals surface area contributed by atoms with Gasteiger partial charge in [-0.05, 0) is 12.8 Å². The summed E-state index contributed by atoms with van der Waals surface area (Å²) >= 11 is 0. The molecule has 1 rings (SSSR count). The number of carbonyl (C=O) groups is 2. The van der Waals surface area contributed by atoms with Crippen molar-refractivity contribution in [1.82, 2.24) is 4.90 Å². The molecule has 0 saturated carbocycles. The number of ether oxygens (including phenoxy) is 1. The van der Waals surface area contributed by atoms with Gasteiger partial charge in [0.1, 0.15) is 0 Å². The molecule has 0 spiro atoms. The van der Waals surface area contributed by atoms with Crippen molar-refractivity contribution < 1.29 is 14.3 Å². The van der Waals surface area contributed by atoms with Crippen LogP contribution in [0.5, 0.6) is 0 Å². The maximum atomic E-state index is 12.4. The van der Waals surface area contributed by atoms with E-state index < -0.39 is 5.41 Å². The molecule has 7 nitrogen and oxygen atoms in total. The zero-order valence-electron chi connectivity index (χ0n) is 13.1. The molecule has 1 saturated heterocycles. The minimum Gasteiger partial charge on any atom is -0.378 e. The number of guanidine groups is 1. The summed E-state index contributed by atoms with van der Waals surface area (Å²) in [6, 6.07) is 0. The van der Waals surface area contributed by atoms with Crippen LogP contribution in [0.15, 0.2) is 4.99 Å². The first-order valence-electron chi connectivity index (χ1n) is 7.30. The van der Waals surface area contributed by atoms with E-state index in [1.807, 2.05) is 13.8 Å². The number of hydrogen-bond donors (Lipinski definition) is 2. The molecule has 0 aromatic heterocycles. The van der Waals surface area contributed by atoms with E-state index in [0.717, 1.165) is 0 Å². The van der Waals surface area contributed by atoms with Crippen LogP contribution in [-0.2, 0) is 14.3 Å². The van der Waals surface area contributed by atoms with Crippen molar-refractivity contribution in [1.29, 1.82) is 0 Å². The van der Waals surface area contributed by atoms with Crippen molar-refractivity contribution in [3.05, 3.63) is 0 Å². The summed E-state index contributed by atoms with van der Waals surface area (Å²) in [5.41, 5.74) is 9.81. The molecule has 0 aromatic carbocycles. The molecule has 21 heavy (non-hydrogen) atoms. The molecule has 0 radical (unpaired) electrons. The lowest BCUT2D eigenvalue weighted by Gasteiger charge is -2.32. The Hall–Kier alpha value is -1.63. The summed E-state index contributed by atoms with van der Waals surface area (Å²) in [4.78, 5) is 30.0. The van der Waals surface area contributed by atoms with E-state index in [9.17, 15) is 9.59 Å². The second-order valence-corrected chi connectivity index (χ2v) is 5.80. The molecule has 2 unspecified atom stereocenters. The lowest BCUT2D eigenvalue weighted by Crippen LogP contribution is -2.44. The second kappa shape index (κ2) is 7.40. The third kappa shape index (κ3) is 4.70. The van der Waals surface area contributed by atoms with Crippen LogP contribution >= 0.6 is 0 Å². The van der Waals surface area contributed by atoms with Gasteiger partial charge in [-0.3, -0.25) is 9.59 Å². The fourth-order valence-corrected chi connectivity index (χ4v) is 2.49. The van der Waals surface area contributed by atoms with Crippen LogP contribution in [0.2, 0.25) is 0 Å². The zero-order valence-corrected chi connectivity index (χ0v) is 13.1. The molecule has 1 heterocycles. The van der Waals surface area contributed by atoms with Crippen molar-refractivity contribution in [3.63, 3.8) is 0 Å². The van der Waals surface area contributed by atoms with Crippen molar-refractivity contribution in [2.24, 2.45) is 27.8 Å². The van der Waals surface area contributed by atoms with Crippen LogP contribution < -0.4 is 11.5 Å². The summed E-state index contributed by atoms with van der Waals surface area (Å²) in [6.45, 7) is 7.88. The van der Waals surface area contributed by atoms with Gasteiger partial charge in [0.15, 0.2) is 5.96 Å². The number of aliphatic imine (C=N–C) groups is 1. The Balaban J connectivity index is 2.72. The zero-order chi connectivity index (χ0) is 16.0. The standard InChI is InChI=1S/C14H26N4O3/c1-4-14(3,12(20)17-13(15)16)9-10(2)11(19)18-5-7-21-8-6-18/h10H,4-9H2,1-3H3,(H4,15,16,17,20). The maximum absolute atomic E-state index is 12.4. The first-order chi connectivity index (χ1) is 9.80. The molecule has 1 fully saturated rings. The smallest absolute Gasteiger partial charge is 0.254 e. The molecular formula is C14H26N4O3. The van der Waals surface area contributed by atoms with Crippen LogP contribution in [0.25, 0.3) is 0 Å². The number of hydrogen-bond acceptors (Lipinski definition) is 3. The average molecular weight is 298 g/mol. The predicted molar refractivity (Wildman–Crippen MR) is 80.4 cm³/mol.